The van der Waals surface area contributed by atoms with Gasteiger partial charge in [-0.1, -0.05) is 17.7 Å². The molecule has 4 nitrogen and oxygen atoms in total. The lowest BCUT2D eigenvalue weighted by atomic mass is 10.2. The third kappa shape index (κ3) is 3.30. The number of nitrogens with two attached hydrogens (primary N) is 1. The molecule has 0 aromatic heterocycles. The fraction of sp³-hybridized carbons (Fsp3) is 0.0769. The van der Waals surface area contributed by atoms with Crippen molar-refractivity contribution in [3.05, 3.63) is 51.2 Å². The molecule has 0 fully saturated rings. The van der Waals surface area contributed by atoms with E-state index >= 15 is 0 Å². The van der Waals surface area contributed by atoms with E-state index in [9.17, 15) is 12.8 Å². The van der Waals surface area contributed by atoms with Gasteiger partial charge in [0.1, 0.15) is 10.7 Å². The Bertz CT molecular complexity index is 792. The molecular weight excluding hydrogens is 383 g/mol. The van der Waals surface area contributed by atoms with Gasteiger partial charge in [0.15, 0.2) is 0 Å². The topological polar surface area (TPSA) is 72.2 Å². The van der Waals surface area contributed by atoms with E-state index in [0.717, 1.165) is 11.6 Å². The minimum atomic E-state index is -4.17. The van der Waals surface area contributed by atoms with E-state index in [2.05, 4.69) is 20.7 Å². The van der Waals surface area contributed by atoms with Crippen molar-refractivity contribution in [1.82, 2.24) is 0 Å². The quantitative estimate of drug-likeness (QED) is 0.776. The van der Waals surface area contributed by atoms with Crippen molar-refractivity contribution in [3.8, 4) is 0 Å². The van der Waals surface area contributed by atoms with Crippen molar-refractivity contribution in [2.45, 2.75) is 11.8 Å². The molecule has 21 heavy (non-hydrogen) atoms. The first-order chi connectivity index (χ1) is 9.72. The molecule has 2 aromatic rings. The lowest BCUT2D eigenvalue weighted by Gasteiger charge is -2.13. The van der Waals surface area contributed by atoms with Gasteiger partial charge in [0.05, 0.1) is 11.4 Å². The molecule has 0 amide bonds. The van der Waals surface area contributed by atoms with Gasteiger partial charge < -0.3 is 5.73 Å². The van der Waals surface area contributed by atoms with Crippen LogP contribution in [0.15, 0.2) is 39.7 Å². The molecule has 112 valence electrons. The van der Waals surface area contributed by atoms with E-state index in [1.165, 1.54) is 18.2 Å². The maximum Gasteiger partial charge on any atom is 0.266 e. The maximum atomic E-state index is 13.8. The molecule has 0 aliphatic heterocycles. The Morgan fingerprint density at radius 2 is 2.00 bits per heavy atom. The third-order valence-corrected chi connectivity index (χ3v) is 5.28. The lowest BCUT2D eigenvalue weighted by molar-refractivity contribution is 0.572. The summed E-state index contributed by atoms with van der Waals surface area (Å²) in [5.74, 6) is -0.920. The second-order valence-electron chi connectivity index (χ2n) is 4.34. The highest BCUT2D eigenvalue weighted by Crippen LogP contribution is 2.32. The predicted octanol–water partition coefficient (Wildman–Crippen LogP) is 3.93. The first-order valence-electron chi connectivity index (χ1n) is 5.75. The third-order valence-electron chi connectivity index (χ3n) is 2.76. The van der Waals surface area contributed by atoms with E-state index in [4.69, 9.17) is 17.3 Å². The maximum absolute atomic E-state index is 13.8. The van der Waals surface area contributed by atoms with Crippen molar-refractivity contribution in [2.75, 3.05) is 10.5 Å². The zero-order chi connectivity index (χ0) is 15.8. The summed E-state index contributed by atoms with van der Waals surface area (Å²) in [7, 11) is -4.17. The van der Waals surface area contributed by atoms with Crippen LogP contribution in [0.3, 0.4) is 0 Å². The number of hydrogen-bond acceptors (Lipinski definition) is 3. The smallest absolute Gasteiger partial charge is 0.266 e. The van der Waals surface area contributed by atoms with Crippen LogP contribution in [0.5, 0.6) is 0 Å². The standard InChI is InChI=1S/C13H11BrClFN2O2S/c1-7-5-8(14)12(6-9(7)15)18-21(19,20)13-10(16)3-2-4-11(13)17/h2-6,18H,17H2,1H3. The Balaban J connectivity index is 2.50. The van der Waals surface area contributed by atoms with Crippen molar-refractivity contribution < 1.29 is 12.8 Å². The summed E-state index contributed by atoms with van der Waals surface area (Å²) >= 11 is 9.20. The molecule has 0 heterocycles. The molecule has 0 aliphatic carbocycles. The van der Waals surface area contributed by atoms with E-state index in [1.54, 1.807) is 13.0 Å². The Kier molecular flexibility index (Phi) is 4.46. The normalized spacial score (nSPS) is 11.4. The van der Waals surface area contributed by atoms with Gasteiger partial charge in [-0.25, -0.2) is 12.8 Å². The molecule has 0 atom stereocenters. The molecule has 0 saturated carbocycles. The number of nitrogen functional groups attached to an aromatic ring is 1. The van der Waals surface area contributed by atoms with Gasteiger partial charge in [-0.05, 0) is 52.7 Å². The molecule has 3 N–H and O–H groups in total. The van der Waals surface area contributed by atoms with Crippen LogP contribution < -0.4 is 10.5 Å². The Morgan fingerprint density at radius 3 is 2.62 bits per heavy atom. The second-order valence-corrected chi connectivity index (χ2v) is 7.23. The molecule has 0 aliphatic rings. The van der Waals surface area contributed by atoms with Gasteiger partial charge in [-0.2, -0.15) is 0 Å². The summed E-state index contributed by atoms with van der Waals surface area (Å²) in [5.41, 5.74) is 6.36. The highest BCUT2D eigenvalue weighted by molar-refractivity contribution is 9.10. The molecule has 2 aromatic carbocycles. The Morgan fingerprint density at radius 1 is 1.33 bits per heavy atom. The van der Waals surface area contributed by atoms with E-state index < -0.39 is 20.7 Å². The van der Waals surface area contributed by atoms with Crippen molar-refractivity contribution in [3.63, 3.8) is 0 Å². The van der Waals surface area contributed by atoms with Crippen LogP contribution in [-0.4, -0.2) is 8.42 Å². The average molecular weight is 394 g/mol. The summed E-state index contributed by atoms with van der Waals surface area (Å²) in [4.78, 5) is -0.589. The number of hydrogen-bond donors (Lipinski definition) is 2. The lowest BCUT2D eigenvalue weighted by Crippen LogP contribution is -2.17. The van der Waals surface area contributed by atoms with Crippen LogP contribution in [-0.2, 0) is 10.0 Å². The van der Waals surface area contributed by atoms with Gasteiger partial charge in [0.25, 0.3) is 10.0 Å². The molecule has 8 heteroatoms. The van der Waals surface area contributed by atoms with E-state index in [-0.39, 0.29) is 11.4 Å². The van der Waals surface area contributed by atoms with Crippen LogP contribution in [0.4, 0.5) is 15.8 Å². The van der Waals surface area contributed by atoms with Gasteiger partial charge >= 0.3 is 0 Å². The second kappa shape index (κ2) is 5.82. The largest absolute Gasteiger partial charge is 0.398 e. The fourth-order valence-corrected chi connectivity index (χ4v) is 3.84. The van der Waals surface area contributed by atoms with E-state index in [0.29, 0.717) is 9.50 Å². The fourth-order valence-electron chi connectivity index (χ4n) is 1.73. The van der Waals surface area contributed by atoms with Crippen molar-refractivity contribution in [2.24, 2.45) is 0 Å². The molecule has 2 rings (SSSR count). The minimum absolute atomic E-state index is 0.170. The number of rotatable bonds is 3. The Hall–Kier alpha value is -1.31. The highest BCUT2D eigenvalue weighted by Gasteiger charge is 2.23. The monoisotopic (exact) mass is 392 g/mol. The molecule has 0 spiro atoms. The van der Waals surface area contributed by atoms with Crippen LogP contribution in [0.1, 0.15) is 5.56 Å². The number of anilines is 2. The predicted molar refractivity (Wildman–Crippen MR) is 85.5 cm³/mol. The molecule has 0 saturated heterocycles. The number of sulfonamides is 1. The first-order valence-corrected chi connectivity index (χ1v) is 8.40. The SMILES string of the molecule is Cc1cc(Br)c(NS(=O)(=O)c2c(N)cccc2F)cc1Cl. The van der Waals surface area contributed by atoms with Crippen molar-refractivity contribution in [1.29, 1.82) is 0 Å². The highest BCUT2D eigenvalue weighted by atomic mass is 79.9. The van der Waals surface area contributed by atoms with Crippen LogP contribution in [0, 0.1) is 12.7 Å². The molecule has 0 radical (unpaired) electrons. The van der Waals surface area contributed by atoms with Crippen LogP contribution >= 0.6 is 27.5 Å². The molecular formula is C13H11BrClFN2O2S. The molecule has 0 bridgehead atoms. The number of benzene rings is 2. The summed E-state index contributed by atoms with van der Waals surface area (Å²) in [6.07, 6.45) is 0. The first kappa shape index (κ1) is 16.1. The van der Waals surface area contributed by atoms with E-state index in [1.807, 2.05) is 0 Å². The zero-order valence-electron chi connectivity index (χ0n) is 10.8. The van der Waals surface area contributed by atoms with Gasteiger partial charge in [0.2, 0.25) is 0 Å². The summed E-state index contributed by atoms with van der Waals surface area (Å²) in [5, 5.41) is 0.386. The van der Waals surface area contributed by atoms with Crippen molar-refractivity contribution >= 4 is 48.9 Å². The summed E-state index contributed by atoms with van der Waals surface area (Å²) in [6.45, 7) is 1.78. The molecule has 0 unspecified atom stereocenters. The zero-order valence-corrected chi connectivity index (χ0v) is 14.0. The van der Waals surface area contributed by atoms with Crippen LogP contribution in [0.2, 0.25) is 5.02 Å². The van der Waals surface area contributed by atoms with Gasteiger partial charge in [-0.3, -0.25) is 4.72 Å². The van der Waals surface area contributed by atoms with Crippen LogP contribution in [0.25, 0.3) is 0 Å². The summed E-state index contributed by atoms with van der Waals surface area (Å²) < 4.78 is 41.1. The van der Waals surface area contributed by atoms with Gasteiger partial charge in [0, 0.05) is 9.50 Å². The number of nitrogens with one attached hydrogen (secondary N) is 1. The number of halogens is 3. The van der Waals surface area contributed by atoms with Gasteiger partial charge in [-0.15, -0.1) is 0 Å². The summed E-state index contributed by atoms with van der Waals surface area (Å²) in [6, 6.07) is 6.78. The average Bonchev–Trinajstić information content (AvgIpc) is 2.35. The Labute approximate surface area is 135 Å². The minimum Gasteiger partial charge on any atom is -0.398 e. The number of aryl methyl sites for hydroxylation is 1.